The Kier molecular flexibility index (Phi) is 7.05. The third kappa shape index (κ3) is 5.04. The molecule has 0 saturated carbocycles. The quantitative estimate of drug-likeness (QED) is 0.518. The van der Waals surface area contributed by atoms with Crippen molar-refractivity contribution in [3.63, 3.8) is 0 Å². The number of benzene rings is 3. The Hall–Kier alpha value is -3.09. The fraction of sp³-hybridized carbons (Fsp3) is 0.261. The molecule has 0 heterocycles. The summed E-state index contributed by atoms with van der Waals surface area (Å²) in [6.07, 6.45) is -1.64. The molecule has 3 aromatic rings. The van der Waals surface area contributed by atoms with Crippen LogP contribution in [0.15, 0.2) is 66.7 Å². The summed E-state index contributed by atoms with van der Waals surface area (Å²) < 4.78 is 11.6. The van der Waals surface area contributed by atoms with Gasteiger partial charge in [-0.2, -0.15) is 0 Å². The lowest BCUT2D eigenvalue weighted by Gasteiger charge is -2.28. The topological polar surface area (TPSA) is 88.0 Å². The Balaban J connectivity index is 1.97. The second-order valence-corrected chi connectivity index (χ2v) is 6.54. The van der Waals surface area contributed by atoms with E-state index in [0.717, 1.165) is 5.39 Å². The molecular weight excluding hydrogens is 370 g/mol. The third-order valence-electron chi connectivity index (χ3n) is 4.63. The molecule has 6 heteroatoms. The highest BCUT2D eigenvalue weighted by molar-refractivity contribution is 5.91. The number of aliphatic hydroxyl groups is 1. The Bertz CT molecular complexity index is 938. The van der Waals surface area contributed by atoms with Gasteiger partial charge in [0.25, 0.3) is 0 Å². The van der Waals surface area contributed by atoms with Crippen molar-refractivity contribution in [3.05, 3.63) is 72.3 Å². The van der Waals surface area contributed by atoms with E-state index >= 15 is 0 Å². The van der Waals surface area contributed by atoms with E-state index in [2.05, 4.69) is 5.32 Å². The van der Waals surface area contributed by atoms with Crippen LogP contribution in [0.3, 0.4) is 0 Å². The summed E-state index contributed by atoms with van der Waals surface area (Å²) in [6.45, 7) is 2.14. The number of anilines is 1. The van der Waals surface area contributed by atoms with Crippen molar-refractivity contribution in [2.75, 3.05) is 18.5 Å². The summed E-state index contributed by atoms with van der Waals surface area (Å²) in [4.78, 5) is 12.6. The predicted octanol–water partition coefficient (Wildman–Crippen LogP) is 4.62. The first-order chi connectivity index (χ1) is 14.1. The molecule has 3 rings (SSSR count). The number of nitrogens with one attached hydrogen (secondary N) is 1. The number of amides is 1. The van der Waals surface area contributed by atoms with Crippen LogP contribution in [0.25, 0.3) is 10.8 Å². The zero-order valence-corrected chi connectivity index (χ0v) is 16.2. The van der Waals surface area contributed by atoms with Gasteiger partial charge in [0.2, 0.25) is 0 Å². The summed E-state index contributed by atoms with van der Waals surface area (Å²) >= 11 is 0. The minimum atomic E-state index is -0.767. The Morgan fingerprint density at radius 2 is 1.69 bits per heavy atom. The number of fused-ring (bicyclic) bond motifs is 1. The molecule has 6 nitrogen and oxygen atoms in total. The first-order valence-corrected chi connectivity index (χ1v) is 9.59. The summed E-state index contributed by atoms with van der Waals surface area (Å²) in [6, 6.07) is 19.7. The van der Waals surface area contributed by atoms with Gasteiger partial charge in [-0.05, 0) is 30.5 Å². The number of aliphatic hydroxyl groups excluding tert-OH is 1. The van der Waals surface area contributed by atoms with E-state index < -0.39 is 18.3 Å². The highest BCUT2D eigenvalue weighted by Gasteiger charge is 2.29. The molecule has 0 radical (unpaired) electrons. The summed E-state index contributed by atoms with van der Waals surface area (Å²) in [7, 11) is 0. The molecule has 0 bridgehead atoms. The van der Waals surface area contributed by atoms with E-state index in [1.807, 2.05) is 43.3 Å². The maximum atomic E-state index is 12.6. The number of carbonyl (C=O) groups is 1. The fourth-order valence-corrected chi connectivity index (χ4v) is 3.34. The van der Waals surface area contributed by atoms with Crippen LogP contribution in [0.2, 0.25) is 0 Å². The molecule has 0 aliphatic heterocycles. The third-order valence-corrected chi connectivity index (χ3v) is 4.63. The van der Waals surface area contributed by atoms with Gasteiger partial charge in [-0.3, -0.25) is 5.32 Å². The molecule has 152 valence electrons. The van der Waals surface area contributed by atoms with Gasteiger partial charge in [-0.25, -0.2) is 4.79 Å². The Labute approximate surface area is 169 Å². The standard InChI is InChI=1S/C23H25NO5/c1-2-28-21(14-15-25)22(29-23(27)24-16-8-4-3-5-9-16)19-12-13-20(26)18-11-7-6-10-17(18)19/h3-13,21-22,25-26H,2,14-15H2,1H3,(H,24,27)/t21-,22-/m0/s1. The molecule has 0 aromatic heterocycles. The first-order valence-electron chi connectivity index (χ1n) is 9.59. The maximum absolute atomic E-state index is 12.6. The SMILES string of the molecule is CCO[C@@H](CCO)[C@@H](OC(=O)Nc1ccccc1)c1ccc(O)c2ccccc12. The second kappa shape index (κ2) is 9.91. The van der Waals surface area contributed by atoms with Crippen molar-refractivity contribution in [1.29, 1.82) is 0 Å². The van der Waals surface area contributed by atoms with Gasteiger partial charge in [-0.1, -0.05) is 48.5 Å². The van der Waals surface area contributed by atoms with Gasteiger partial charge in [0.05, 0.1) is 0 Å². The number of hydrogen-bond donors (Lipinski definition) is 3. The van der Waals surface area contributed by atoms with Gasteiger partial charge in [0, 0.05) is 36.3 Å². The Morgan fingerprint density at radius 1 is 1.00 bits per heavy atom. The van der Waals surface area contributed by atoms with Crippen LogP contribution in [-0.2, 0) is 9.47 Å². The van der Waals surface area contributed by atoms with E-state index in [1.54, 1.807) is 30.3 Å². The van der Waals surface area contributed by atoms with Crippen molar-refractivity contribution in [2.24, 2.45) is 0 Å². The molecule has 0 aliphatic rings. The fourth-order valence-electron chi connectivity index (χ4n) is 3.34. The molecule has 0 fully saturated rings. The van der Waals surface area contributed by atoms with E-state index in [-0.39, 0.29) is 12.4 Å². The number of aromatic hydroxyl groups is 1. The molecule has 0 unspecified atom stereocenters. The molecule has 3 N–H and O–H groups in total. The number of carbonyl (C=O) groups excluding carboxylic acids is 1. The van der Waals surface area contributed by atoms with Crippen molar-refractivity contribution in [2.45, 2.75) is 25.6 Å². The van der Waals surface area contributed by atoms with Gasteiger partial charge >= 0.3 is 6.09 Å². The monoisotopic (exact) mass is 395 g/mol. The smallest absolute Gasteiger partial charge is 0.412 e. The van der Waals surface area contributed by atoms with Gasteiger partial charge in [0.15, 0.2) is 6.10 Å². The molecular formula is C23H25NO5. The number of rotatable bonds is 8. The molecule has 0 spiro atoms. The Morgan fingerprint density at radius 3 is 2.38 bits per heavy atom. The van der Waals surface area contributed by atoms with Gasteiger partial charge in [-0.15, -0.1) is 0 Å². The summed E-state index contributed by atoms with van der Waals surface area (Å²) in [5.74, 6) is 0.145. The normalized spacial score (nSPS) is 13.0. The van der Waals surface area contributed by atoms with E-state index in [1.165, 1.54) is 0 Å². The number of para-hydroxylation sites is 1. The van der Waals surface area contributed by atoms with Crippen molar-refractivity contribution >= 4 is 22.6 Å². The van der Waals surface area contributed by atoms with E-state index in [4.69, 9.17) is 9.47 Å². The number of phenolic OH excluding ortho intramolecular Hbond substituents is 1. The minimum Gasteiger partial charge on any atom is -0.507 e. The van der Waals surface area contributed by atoms with Gasteiger partial charge < -0.3 is 19.7 Å². The number of ether oxygens (including phenoxy) is 2. The lowest BCUT2D eigenvalue weighted by molar-refractivity contribution is -0.0478. The zero-order valence-electron chi connectivity index (χ0n) is 16.2. The highest BCUT2D eigenvalue weighted by Crippen LogP contribution is 2.35. The minimum absolute atomic E-state index is 0.110. The molecule has 3 aromatic carbocycles. The van der Waals surface area contributed by atoms with Crippen LogP contribution in [-0.4, -0.2) is 35.6 Å². The van der Waals surface area contributed by atoms with Crippen LogP contribution in [0, 0.1) is 0 Å². The predicted molar refractivity (Wildman–Crippen MR) is 112 cm³/mol. The number of phenols is 1. The first kappa shape index (κ1) is 20.6. The molecule has 29 heavy (non-hydrogen) atoms. The van der Waals surface area contributed by atoms with Crippen molar-refractivity contribution < 1.29 is 24.5 Å². The van der Waals surface area contributed by atoms with Crippen LogP contribution in [0.5, 0.6) is 5.75 Å². The molecule has 2 atom stereocenters. The van der Waals surface area contributed by atoms with Crippen LogP contribution in [0.4, 0.5) is 10.5 Å². The lowest BCUT2D eigenvalue weighted by Crippen LogP contribution is -2.30. The summed E-state index contributed by atoms with van der Waals surface area (Å²) in [5.41, 5.74) is 1.32. The van der Waals surface area contributed by atoms with Crippen molar-refractivity contribution in [1.82, 2.24) is 0 Å². The van der Waals surface area contributed by atoms with Crippen LogP contribution < -0.4 is 5.32 Å². The van der Waals surface area contributed by atoms with Crippen LogP contribution >= 0.6 is 0 Å². The van der Waals surface area contributed by atoms with E-state index in [0.29, 0.717) is 29.7 Å². The van der Waals surface area contributed by atoms with Crippen LogP contribution in [0.1, 0.15) is 25.0 Å². The zero-order chi connectivity index (χ0) is 20.6. The molecule has 0 aliphatic carbocycles. The molecule has 0 saturated heterocycles. The lowest BCUT2D eigenvalue weighted by atomic mass is 9.95. The second-order valence-electron chi connectivity index (χ2n) is 6.54. The van der Waals surface area contributed by atoms with Gasteiger partial charge in [0.1, 0.15) is 11.9 Å². The number of hydrogen-bond acceptors (Lipinski definition) is 5. The average Bonchev–Trinajstić information content (AvgIpc) is 2.73. The maximum Gasteiger partial charge on any atom is 0.412 e. The van der Waals surface area contributed by atoms with Crippen molar-refractivity contribution in [3.8, 4) is 5.75 Å². The molecule has 1 amide bonds. The van der Waals surface area contributed by atoms with E-state index in [9.17, 15) is 15.0 Å². The largest absolute Gasteiger partial charge is 0.507 e. The summed E-state index contributed by atoms with van der Waals surface area (Å²) in [5, 5.41) is 23.8. The average molecular weight is 395 g/mol. The highest BCUT2D eigenvalue weighted by atomic mass is 16.6.